The van der Waals surface area contributed by atoms with Crippen LogP contribution in [0.4, 0.5) is 21.6 Å². The molecule has 3 nitrogen and oxygen atoms in total. The molecular formula is C11H8Cl2FN3. The van der Waals surface area contributed by atoms with Crippen LogP contribution in [0.3, 0.4) is 0 Å². The van der Waals surface area contributed by atoms with E-state index in [-0.39, 0.29) is 5.02 Å². The molecule has 0 saturated heterocycles. The molecule has 0 spiro atoms. The summed E-state index contributed by atoms with van der Waals surface area (Å²) in [7, 11) is 0. The number of hydrogen-bond acceptors (Lipinski definition) is 3. The summed E-state index contributed by atoms with van der Waals surface area (Å²) in [6, 6.07) is 5.89. The molecule has 6 heteroatoms. The average molecular weight is 272 g/mol. The van der Waals surface area contributed by atoms with Crippen LogP contribution >= 0.6 is 23.2 Å². The fourth-order valence-corrected chi connectivity index (χ4v) is 1.59. The van der Waals surface area contributed by atoms with Crippen molar-refractivity contribution in [1.82, 2.24) is 4.98 Å². The number of pyridine rings is 1. The Morgan fingerprint density at radius 3 is 2.59 bits per heavy atom. The molecule has 17 heavy (non-hydrogen) atoms. The van der Waals surface area contributed by atoms with Crippen LogP contribution in [0.15, 0.2) is 30.5 Å². The van der Waals surface area contributed by atoms with Crippen LogP contribution in [-0.2, 0) is 0 Å². The van der Waals surface area contributed by atoms with E-state index < -0.39 is 5.82 Å². The quantitative estimate of drug-likeness (QED) is 0.872. The Morgan fingerprint density at radius 2 is 1.94 bits per heavy atom. The van der Waals surface area contributed by atoms with Crippen LogP contribution in [0.1, 0.15) is 0 Å². The number of hydrogen-bond donors (Lipinski definition) is 2. The molecule has 1 aromatic heterocycles. The number of benzene rings is 1. The van der Waals surface area contributed by atoms with Crippen LogP contribution in [0.2, 0.25) is 10.0 Å². The van der Waals surface area contributed by atoms with Crippen molar-refractivity contribution in [2.45, 2.75) is 0 Å². The van der Waals surface area contributed by atoms with Crippen LogP contribution < -0.4 is 11.1 Å². The topological polar surface area (TPSA) is 50.9 Å². The Balaban J connectivity index is 2.28. The largest absolute Gasteiger partial charge is 0.397 e. The minimum Gasteiger partial charge on any atom is -0.397 e. The second-order valence-corrected chi connectivity index (χ2v) is 4.17. The summed E-state index contributed by atoms with van der Waals surface area (Å²) < 4.78 is 13.2. The first-order chi connectivity index (χ1) is 8.06. The third kappa shape index (κ3) is 2.78. The summed E-state index contributed by atoms with van der Waals surface area (Å²) in [5, 5.41) is 3.29. The maximum atomic E-state index is 13.2. The van der Waals surface area contributed by atoms with Crippen molar-refractivity contribution in [3.8, 4) is 0 Å². The first-order valence-corrected chi connectivity index (χ1v) is 5.45. The minimum absolute atomic E-state index is 0.0620. The molecule has 0 fully saturated rings. The fourth-order valence-electron chi connectivity index (χ4n) is 1.26. The molecular weight excluding hydrogens is 264 g/mol. The Labute approximate surface area is 107 Å². The number of anilines is 3. The van der Waals surface area contributed by atoms with Gasteiger partial charge in [-0.1, -0.05) is 23.2 Å². The van der Waals surface area contributed by atoms with Gasteiger partial charge in [-0.05, 0) is 24.3 Å². The van der Waals surface area contributed by atoms with Crippen molar-refractivity contribution >= 4 is 40.4 Å². The summed E-state index contributed by atoms with van der Waals surface area (Å²) in [6.45, 7) is 0. The molecule has 88 valence electrons. The molecule has 1 aromatic carbocycles. The van der Waals surface area contributed by atoms with Gasteiger partial charge in [-0.25, -0.2) is 9.37 Å². The van der Waals surface area contributed by atoms with Gasteiger partial charge in [0.2, 0.25) is 0 Å². The van der Waals surface area contributed by atoms with Gasteiger partial charge in [0.05, 0.1) is 21.9 Å². The number of halogens is 3. The molecule has 0 atom stereocenters. The lowest BCUT2D eigenvalue weighted by Crippen LogP contribution is -1.96. The van der Waals surface area contributed by atoms with E-state index in [0.29, 0.717) is 22.2 Å². The first kappa shape index (κ1) is 12.0. The zero-order valence-electron chi connectivity index (χ0n) is 8.55. The number of rotatable bonds is 2. The highest BCUT2D eigenvalue weighted by atomic mass is 35.5. The molecule has 0 aliphatic carbocycles. The lowest BCUT2D eigenvalue weighted by Gasteiger charge is -2.08. The maximum Gasteiger partial charge on any atom is 0.149 e. The number of nitrogens with one attached hydrogen (secondary N) is 1. The molecule has 0 unspecified atom stereocenters. The van der Waals surface area contributed by atoms with Crippen LogP contribution in [-0.4, -0.2) is 4.98 Å². The summed E-state index contributed by atoms with van der Waals surface area (Å²) in [5.74, 6) is -0.106. The highest BCUT2D eigenvalue weighted by Crippen LogP contribution is 2.26. The maximum absolute atomic E-state index is 13.2. The van der Waals surface area contributed by atoms with Crippen molar-refractivity contribution < 1.29 is 4.39 Å². The standard InChI is InChI=1S/C11H8Cl2FN3/c12-8-2-1-7(4-10(8)14)17-11-9(13)3-6(15)5-16-11/h1-5H,15H2,(H,16,17). The van der Waals surface area contributed by atoms with Crippen molar-refractivity contribution in [2.24, 2.45) is 0 Å². The summed E-state index contributed by atoms with van der Waals surface area (Å²) in [6.07, 6.45) is 1.46. The molecule has 0 radical (unpaired) electrons. The molecule has 0 aliphatic heterocycles. The molecule has 0 saturated carbocycles. The predicted octanol–water partition coefficient (Wildman–Crippen LogP) is 3.85. The SMILES string of the molecule is Nc1cnc(Nc2ccc(Cl)c(F)c2)c(Cl)c1. The van der Waals surface area contributed by atoms with Crippen molar-refractivity contribution in [3.63, 3.8) is 0 Å². The van der Waals surface area contributed by atoms with Gasteiger partial charge in [-0.3, -0.25) is 0 Å². The van der Waals surface area contributed by atoms with E-state index in [1.54, 1.807) is 12.1 Å². The monoisotopic (exact) mass is 271 g/mol. The second kappa shape index (κ2) is 4.77. The zero-order chi connectivity index (χ0) is 12.4. The summed E-state index contributed by atoms with van der Waals surface area (Å²) >= 11 is 11.5. The van der Waals surface area contributed by atoms with E-state index in [0.717, 1.165) is 0 Å². The normalized spacial score (nSPS) is 10.3. The van der Waals surface area contributed by atoms with Gasteiger partial charge < -0.3 is 11.1 Å². The summed E-state index contributed by atoms with van der Waals surface area (Å²) in [5.41, 5.74) is 6.48. The van der Waals surface area contributed by atoms with E-state index in [9.17, 15) is 4.39 Å². The lowest BCUT2D eigenvalue weighted by atomic mass is 10.3. The van der Waals surface area contributed by atoms with Crippen LogP contribution in [0.5, 0.6) is 0 Å². The van der Waals surface area contributed by atoms with Crippen LogP contribution in [0.25, 0.3) is 0 Å². The Hall–Kier alpha value is -1.52. The zero-order valence-corrected chi connectivity index (χ0v) is 10.1. The van der Waals surface area contributed by atoms with Gasteiger partial charge >= 0.3 is 0 Å². The fraction of sp³-hybridized carbons (Fsp3) is 0. The Bertz CT molecular complexity index is 560. The molecule has 0 amide bonds. The van der Waals surface area contributed by atoms with Gasteiger partial charge in [0.25, 0.3) is 0 Å². The average Bonchev–Trinajstić information content (AvgIpc) is 2.27. The van der Waals surface area contributed by atoms with E-state index >= 15 is 0 Å². The number of nitrogen functional groups attached to an aromatic ring is 1. The van der Waals surface area contributed by atoms with Crippen molar-refractivity contribution in [1.29, 1.82) is 0 Å². The number of nitrogens with two attached hydrogens (primary N) is 1. The number of aromatic nitrogens is 1. The highest BCUT2D eigenvalue weighted by molar-refractivity contribution is 6.33. The molecule has 3 N–H and O–H groups in total. The minimum atomic E-state index is -0.511. The van der Waals surface area contributed by atoms with E-state index in [4.69, 9.17) is 28.9 Å². The van der Waals surface area contributed by atoms with Gasteiger partial charge in [-0.2, -0.15) is 0 Å². The summed E-state index contributed by atoms with van der Waals surface area (Å²) in [4.78, 5) is 4.00. The second-order valence-electron chi connectivity index (χ2n) is 3.35. The lowest BCUT2D eigenvalue weighted by molar-refractivity contribution is 0.629. The first-order valence-electron chi connectivity index (χ1n) is 4.69. The van der Waals surface area contributed by atoms with Gasteiger partial charge in [0.15, 0.2) is 0 Å². The smallest absolute Gasteiger partial charge is 0.149 e. The van der Waals surface area contributed by atoms with E-state index in [1.807, 2.05) is 0 Å². The molecule has 2 rings (SSSR count). The predicted molar refractivity (Wildman–Crippen MR) is 68.4 cm³/mol. The van der Waals surface area contributed by atoms with E-state index in [2.05, 4.69) is 10.3 Å². The Morgan fingerprint density at radius 1 is 1.18 bits per heavy atom. The molecule has 1 heterocycles. The molecule has 2 aromatic rings. The molecule has 0 aliphatic rings. The van der Waals surface area contributed by atoms with Gasteiger partial charge in [0, 0.05) is 5.69 Å². The van der Waals surface area contributed by atoms with Crippen molar-refractivity contribution in [2.75, 3.05) is 11.1 Å². The van der Waals surface area contributed by atoms with Gasteiger partial charge in [0.1, 0.15) is 11.6 Å². The third-order valence-corrected chi connectivity index (χ3v) is 2.64. The number of nitrogens with zero attached hydrogens (tertiary/aromatic N) is 1. The molecule has 0 bridgehead atoms. The third-order valence-electron chi connectivity index (χ3n) is 2.04. The van der Waals surface area contributed by atoms with Crippen molar-refractivity contribution in [3.05, 3.63) is 46.3 Å². The highest BCUT2D eigenvalue weighted by Gasteiger charge is 2.05. The van der Waals surface area contributed by atoms with Gasteiger partial charge in [-0.15, -0.1) is 0 Å². The van der Waals surface area contributed by atoms with E-state index in [1.165, 1.54) is 18.3 Å². The Kier molecular flexibility index (Phi) is 3.36. The van der Waals surface area contributed by atoms with Crippen LogP contribution in [0, 0.1) is 5.82 Å².